The molecule has 208 valence electrons. The van der Waals surface area contributed by atoms with Crippen LogP contribution in [0.1, 0.15) is 15.9 Å². The van der Waals surface area contributed by atoms with Gasteiger partial charge in [0.2, 0.25) is 17.7 Å². The molecule has 3 aromatic rings. The first-order valence-electron chi connectivity index (χ1n) is 12.8. The summed E-state index contributed by atoms with van der Waals surface area (Å²) in [5, 5.41) is 2.84. The van der Waals surface area contributed by atoms with Crippen molar-refractivity contribution < 1.29 is 23.9 Å². The van der Waals surface area contributed by atoms with Crippen LogP contribution in [0, 0.1) is 0 Å². The standard InChI is InChI=1S/C30H31BrN4O5/c1-33(24-12-14-25(40-2)15-13-24)30(39)26(18-21-6-4-3-5-7-21)32-27(36)19-34-16-17-35(20-28(34)37)29(38)22-8-10-23(31)11-9-22/h3-15,26H,16-20H2,1-2H3,(H,32,36)/t26-/m0/s1. The lowest BCUT2D eigenvalue weighted by Gasteiger charge is -2.34. The van der Waals surface area contributed by atoms with Crippen LogP contribution in [0.15, 0.2) is 83.3 Å². The second-order valence-corrected chi connectivity index (χ2v) is 10.4. The van der Waals surface area contributed by atoms with Gasteiger partial charge < -0.3 is 24.8 Å². The van der Waals surface area contributed by atoms with Crippen LogP contribution in [-0.4, -0.2) is 79.8 Å². The number of amides is 4. The van der Waals surface area contributed by atoms with E-state index in [0.29, 0.717) is 23.5 Å². The zero-order valence-electron chi connectivity index (χ0n) is 22.4. The molecule has 1 saturated heterocycles. The molecule has 0 radical (unpaired) electrons. The molecule has 10 heteroatoms. The van der Waals surface area contributed by atoms with Crippen molar-refractivity contribution in [3.8, 4) is 5.75 Å². The largest absolute Gasteiger partial charge is 0.497 e. The van der Waals surface area contributed by atoms with Crippen LogP contribution in [0.3, 0.4) is 0 Å². The molecule has 40 heavy (non-hydrogen) atoms. The van der Waals surface area contributed by atoms with Crippen molar-refractivity contribution in [3.63, 3.8) is 0 Å². The van der Waals surface area contributed by atoms with Crippen LogP contribution >= 0.6 is 15.9 Å². The number of likely N-dealkylation sites (N-methyl/N-ethyl adjacent to an activating group) is 1. The number of rotatable bonds is 9. The van der Waals surface area contributed by atoms with Crippen molar-refractivity contribution in [2.45, 2.75) is 12.5 Å². The summed E-state index contributed by atoms with van der Waals surface area (Å²) in [7, 11) is 3.22. The topological polar surface area (TPSA) is 99.3 Å². The van der Waals surface area contributed by atoms with Gasteiger partial charge >= 0.3 is 0 Å². The van der Waals surface area contributed by atoms with Gasteiger partial charge in [0.15, 0.2) is 0 Å². The first-order valence-corrected chi connectivity index (χ1v) is 13.6. The Kier molecular flexibility index (Phi) is 9.55. The minimum atomic E-state index is -0.850. The van der Waals surface area contributed by atoms with E-state index in [1.54, 1.807) is 62.7 Å². The van der Waals surface area contributed by atoms with Crippen LogP contribution in [0.25, 0.3) is 0 Å². The second kappa shape index (κ2) is 13.3. The van der Waals surface area contributed by atoms with Gasteiger partial charge in [-0.15, -0.1) is 0 Å². The second-order valence-electron chi connectivity index (χ2n) is 9.45. The fourth-order valence-electron chi connectivity index (χ4n) is 4.45. The molecule has 1 heterocycles. The Bertz CT molecular complexity index is 1350. The number of nitrogens with zero attached hydrogens (tertiary/aromatic N) is 3. The quantitative estimate of drug-likeness (QED) is 0.403. The number of carbonyl (C=O) groups excluding carboxylic acids is 4. The maximum atomic E-state index is 13.5. The van der Waals surface area contributed by atoms with E-state index in [-0.39, 0.29) is 43.8 Å². The molecule has 0 saturated carbocycles. The van der Waals surface area contributed by atoms with Crippen molar-refractivity contribution in [2.24, 2.45) is 0 Å². The average Bonchev–Trinajstić information content (AvgIpc) is 2.97. The Morgan fingerprint density at radius 3 is 2.27 bits per heavy atom. The molecule has 3 aromatic carbocycles. The summed E-state index contributed by atoms with van der Waals surface area (Å²) in [6, 6.07) is 22.6. The summed E-state index contributed by atoms with van der Waals surface area (Å²) in [4.78, 5) is 56.7. The van der Waals surface area contributed by atoms with E-state index in [0.717, 1.165) is 10.0 Å². The number of nitrogens with one attached hydrogen (secondary N) is 1. The van der Waals surface area contributed by atoms with E-state index < -0.39 is 11.9 Å². The maximum Gasteiger partial charge on any atom is 0.254 e. The molecule has 1 fully saturated rings. The molecule has 0 bridgehead atoms. The van der Waals surface area contributed by atoms with Crippen LogP contribution < -0.4 is 15.0 Å². The molecular weight excluding hydrogens is 576 g/mol. The Morgan fingerprint density at radius 2 is 1.65 bits per heavy atom. The first-order chi connectivity index (χ1) is 19.2. The molecule has 4 amide bonds. The summed E-state index contributed by atoms with van der Waals surface area (Å²) in [5.74, 6) is -0.632. The van der Waals surface area contributed by atoms with E-state index in [1.165, 1.54) is 14.7 Å². The van der Waals surface area contributed by atoms with Gasteiger partial charge in [0.1, 0.15) is 18.3 Å². The Morgan fingerprint density at radius 1 is 0.975 bits per heavy atom. The van der Waals surface area contributed by atoms with E-state index in [1.807, 2.05) is 30.3 Å². The van der Waals surface area contributed by atoms with Gasteiger partial charge in [0.25, 0.3) is 5.91 Å². The summed E-state index contributed by atoms with van der Waals surface area (Å²) < 4.78 is 6.06. The normalized spacial score (nSPS) is 13.9. The third kappa shape index (κ3) is 7.26. The van der Waals surface area contributed by atoms with Gasteiger partial charge in [-0.2, -0.15) is 0 Å². The van der Waals surface area contributed by atoms with Crippen molar-refractivity contribution in [2.75, 3.05) is 45.2 Å². The zero-order chi connectivity index (χ0) is 28.6. The van der Waals surface area contributed by atoms with Crippen LogP contribution in [0.2, 0.25) is 0 Å². The third-order valence-electron chi connectivity index (χ3n) is 6.74. The molecule has 9 nitrogen and oxygen atoms in total. The fraction of sp³-hybridized carbons (Fsp3) is 0.267. The minimum Gasteiger partial charge on any atom is -0.497 e. The Hall–Kier alpha value is -4.18. The van der Waals surface area contributed by atoms with Crippen LogP contribution in [0.4, 0.5) is 5.69 Å². The molecule has 1 N–H and O–H groups in total. The number of benzene rings is 3. The average molecular weight is 608 g/mol. The van der Waals surface area contributed by atoms with E-state index in [4.69, 9.17) is 4.74 Å². The SMILES string of the molecule is COc1ccc(N(C)C(=O)[C@H](Cc2ccccc2)NC(=O)CN2CCN(C(=O)c3ccc(Br)cc3)CC2=O)cc1. The van der Waals surface area contributed by atoms with Crippen molar-refractivity contribution >= 4 is 45.2 Å². The first kappa shape index (κ1) is 28.8. The Balaban J connectivity index is 1.40. The predicted molar refractivity (Wildman–Crippen MR) is 155 cm³/mol. The highest BCUT2D eigenvalue weighted by Gasteiger charge is 2.31. The molecule has 1 atom stereocenters. The van der Waals surface area contributed by atoms with Crippen molar-refractivity contribution in [3.05, 3.63) is 94.5 Å². The number of methoxy groups -OCH3 is 1. The van der Waals surface area contributed by atoms with Crippen LogP contribution in [-0.2, 0) is 20.8 Å². The van der Waals surface area contributed by atoms with E-state index in [9.17, 15) is 19.2 Å². The lowest BCUT2D eigenvalue weighted by atomic mass is 10.0. The van der Waals surface area contributed by atoms with Crippen molar-refractivity contribution in [1.29, 1.82) is 0 Å². The highest BCUT2D eigenvalue weighted by Crippen LogP contribution is 2.20. The summed E-state index contributed by atoms with van der Waals surface area (Å²) in [5.41, 5.74) is 2.03. The van der Waals surface area contributed by atoms with Gasteiger partial charge in [-0.3, -0.25) is 19.2 Å². The highest BCUT2D eigenvalue weighted by molar-refractivity contribution is 9.10. The number of ether oxygens (including phenoxy) is 1. The molecule has 0 aliphatic carbocycles. The number of halogens is 1. The smallest absolute Gasteiger partial charge is 0.254 e. The molecule has 0 spiro atoms. The van der Waals surface area contributed by atoms with Crippen molar-refractivity contribution in [1.82, 2.24) is 15.1 Å². The molecule has 0 aromatic heterocycles. The number of hydrogen-bond donors (Lipinski definition) is 1. The summed E-state index contributed by atoms with van der Waals surface area (Å²) in [6.07, 6.45) is 0.287. The number of piperazine rings is 1. The van der Waals surface area contributed by atoms with Gasteiger partial charge in [0.05, 0.1) is 13.7 Å². The number of hydrogen-bond acceptors (Lipinski definition) is 5. The fourth-order valence-corrected chi connectivity index (χ4v) is 4.72. The monoisotopic (exact) mass is 606 g/mol. The predicted octanol–water partition coefficient (Wildman–Crippen LogP) is 3.13. The summed E-state index contributed by atoms with van der Waals surface area (Å²) in [6.45, 7) is 0.205. The lowest BCUT2D eigenvalue weighted by molar-refractivity contribution is -0.139. The number of carbonyl (C=O) groups is 4. The van der Waals surface area contributed by atoms with Crippen LogP contribution in [0.5, 0.6) is 5.75 Å². The van der Waals surface area contributed by atoms with E-state index in [2.05, 4.69) is 21.2 Å². The van der Waals surface area contributed by atoms with Gasteiger partial charge in [-0.1, -0.05) is 46.3 Å². The van der Waals surface area contributed by atoms with E-state index >= 15 is 0 Å². The highest BCUT2D eigenvalue weighted by atomic mass is 79.9. The molecule has 1 aliphatic rings. The van der Waals surface area contributed by atoms with Gasteiger partial charge in [0, 0.05) is 42.3 Å². The number of anilines is 1. The zero-order valence-corrected chi connectivity index (χ0v) is 24.0. The van der Waals surface area contributed by atoms with Gasteiger partial charge in [-0.05, 0) is 54.1 Å². The minimum absolute atomic E-state index is 0.116. The maximum absolute atomic E-state index is 13.5. The van der Waals surface area contributed by atoms with Gasteiger partial charge in [-0.25, -0.2) is 0 Å². The Labute approximate surface area is 241 Å². The molecule has 1 aliphatic heterocycles. The molecular formula is C30H31BrN4O5. The summed E-state index contributed by atoms with van der Waals surface area (Å²) >= 11 is 3.35. The molecule has 0 unspecified atom stereocenters. The lowest BCUT2D eigenvalue weighted by Crippen LogP contribution is -2.56. The molecule has 4 rings (SSSR count). The third-order valence-corrected chi connectivity index (χ3v) is 7.27.